The number of ether oxygens (including phenoxy) is 13. The highest BCUT2D eigenvalue weighted by Crippen LogP contribution is 2.40. The topological polar surface area (TPSA) is 551 Å². The molecule has 20 saturated heterocycles. The van der Waals surface area contributed by atoms with Crippen LogP contribution in [0.1, 0.15) is 6.42 Å². The van der Waals surface area contributed by atoms with E-state index < -0.39 is 261 Å². The van der Waals surface area contributed by atoms with Gasteiger partial charge in [0.25, 0.3) is 0 Å². The van der Waals surface area contributed by atoms with E-state index in [4.69, 9.17) is 67.3 Å². The smallest absolute Gasteiger partial charge is 0.187 e. The molecular weight excluding hydrogens is 1090 g/mol. The van der Waals surface area contributed by atoms with Gasteiger partial charge in [0.1, 0.15) is 159 Å². The summed E-state index contributed by atoms with van der Waals surface area (Å²) in [7, 11) is 0. The highest BCUT2D eigenvalue weighted by atomic mass is 35.5. The summed E-state index contributed by atoms with van der Waals surface area (Å²) >= 11 is 0. The van der Waals surface area contributed by atoms with Crippen molar-refractivity contribution in [2.45, 2.75) is 215 Å². The molecule has 21 rings (SSSR count). The maximum Gasteiger partial charge on any atom is 0.187 e. The van der Waals surface area contributed by atoms with Gasteiger partial charge in [-0.15, -0.1) is 12.4 Å². The predicted octanol–water partition coefficient (Wildman–Crippen LogP) is -14.2. The maximum absolute atomic E-state index is 11.4. The van der Waals surface area contributed by atoms with Gasteiger partial charge in [-0.25, -0.2) is 0 Å². The first-order chi connectivity index (χ1) is 36.7. The quantitative estimate of drug-likeness (QED) is 0.113. The van der Waals surface area contributed by atoms with Gasteiger partial charge in [-0.1, -0.05) is 0 Å². The van der Waals surface area contributed by atoms with Crippen molar-refractivity contribution in [1.82, 2.24) is 0 Å². The Morgan fingerprint density at radius 1 is 0.256 bits per heavy atom. The highest BCUT2D eigenvalue weighted by Gasteiger charge is 2.59. The van der Waals surface area contributed by atoms with Crippen LogP contribution in [0.3, 0.4) is 0 Å². The standard InChI is InChI=1S/C43H73NO33.ClH/c44-2-11-32-19(53)25(59)38(66-11)73-33-13(5-47)68-40(27(61)21(33)55)75-35-15(7-49)70-42(29(63)23(35)57)77-37-16(8-50)71-43(30(64)24(37)58)76-36-14(6-48)69-41(28(62)22(36)56)74-34-12(4-46)67-39(26(60)20(34)54)72-31-9(3-45)1-10(65-32)17(51)18(31)52;/h9-43,45-64H,1-8,44H2;1H/t9-,10+,11-,12-,13-,14-,15-,16-,17+,18-,19-,20-,21-,22-,23-,24-,25-,26-,27-,28-,29-,30-,31-,32-,33-,34-,35-,36-,37-,38-,39-,40-,41-,42-,43-;/m1./s1. The number of hydrogen-bond donors (Lipinski definition) is 21. The molecule has 21 fully saturated rings. The molecule has 0 aromatic heterocycles. The first kappa shape index (κ1) is 64.5. The molecule has 34 nitrogen and oxygen atoms in total. The average molecular weight is 1170 g/mol. The third-order valence-corrected chi connectivity index (χ3v) is 15.4. The van der Waals surface area contributed by atoms with E-state index in [0.29, 0.717) is 0 Å². The van der Waals surface area contributed by atoms with Crippen molar-refractivity contribution in [3.8, 4) is 0 Å². The van der Waals surface area contributed by atoms with Crippen LogP contribution in [-0.4, -0.2) is 357 Å². The van der Waals surface area contributed by atoms with Crippen LogP contribution in [-0.2, 0) is 61.6 Å². The van der Waals surface area contributed by atoms with E-state index in [2.05, 4.69) is 0 Å². The number of aliphatic hydroxyl groups excluding tert-OH is 20. The van der Waals surface area contributed by atoms with Crippen LogP contribution in [0.25, 0.3) is 0 Å². The van der Waals surface area contributed by atoms with Crippen molar-refractivity contribution >= 4 is 12.4 Å². The van der Waals surface area contributed by atoms with Gasteiger partial charge in [0.15, 0.2) is 37.7 Å². The molecule has 456 valence electrons. The summed E-state index contributed by atoms with van der Waals surface area (Å²) in [5.41, 5.74) is 5.98. The van der Waals surface area contributed by atoms with Gasteiger partial charge in [0.05, 0.1) is 45.2 Å². The summed E-state index contributed by atoms with van der Waals surface area (Å²) in [4.78, 5) is 0. The van der Waals surface area contributed by atoms with Crippen LogP contribution in [0.4, 0.5) is 0 Å². The first-order valence-corrected chi connectivity index (χ1v) is 25.1. The molecule has 1 aliphatic carbocycles. The van der Waals surface area contributed by atoms with E-state index in [1.54, 1.807) is 0 Å². The van der Waals surface area contributed by atoms with Crippen LogP contribution < -0.4 is 5.73 Å². The molecule has 0 amide bonds. The first-order valence-electron chi connectivity index (χ1n) is 25.1. The third kappa shape index (κ3) is 12.5. The van der Waals surface area contributed by atoms with Gasteiger partial charge in [-0.05, 0) is 6.42 Å². The molecule has 0 aromatic rings. The van der Waals surface area contributed by atoms with E-state index in [0.717, 1.165) is 0 Å². The number of aliphatic hydroxyl groups is 20. The molecule has 1 saturated carbocycles. The molecule has 0 radical (unpaired) electrons. The zero-order chi connectivity index (χ0) is 56.1. The summed E-state index contributed by atoms with van der Waals surface area (Å²) in [6.07, 6.45) is -65.9. The van der Waals surface area contributed by atoms with Crippen molar-refractivity contribution in [1.29, 1.82) is 0 Å². The molecular formula is C43H74ClNO33. The maximum atomic E-state index is 11.4. The largest absolute Gasteiger partial charge is 0.396 e. The molecule has 20 heterocycles. The van der Waals surface area contributed by atoms with Gasteiger partial charge in [0, 0.05) is 19.1 Å². The van der Waals surface area contributed by atoms with Crippen molar-refractivity contribution < 1.29 is 164 Å². The fourth-order valence-corrected chi connectivity index (χ4v) is 10.9. The number of halogens is 1. The van der Waals surface area contributed by atoms with Gasteiger partial charge in [-0.3, -0.25) is 0 Å². The van der Waals surface area contributed by atoms with Crippen molar-refractivity contribution in [3.63, 3.8) is 0 Å². The van der Waals surface area contributed by atoms with Crippen molar-refractivity contribution in [2.75, 3.05) is 46.2 Å². The zero-order valence-electron chi connectivity index (χ0n) is 41.1. The SMILES string of the molecule is Cl.NC[C@H]1O[C@@H]2O[C@H]3[C@H](O)[C@@H](O)[C@@H](O[C@H]4[C@H](O)[C@@H](O)[C@@H](O[C@H]5[C@H](O)[C@@H](O)[C@@H](O[C@H]6[C@H](O)[C@@H](O)[C@@H](O[C@H]7[C@H](O)[C@@H](O)[C@@H](O[C@@H]8[C@@H](CO)C[C@H](O[C@H]1[C@H](O)[C@H]2O)[C@H](O)[C@H]8O)O[C@@H]7CO)O[C@@H]6CO)O[C@@H]5CO)O[C@@H]4CO)O[C@@H]3CO. The van der Waals surface area contributed by atoms with E-state index >= 15 is 0 Å². The molecule has 35 heteroatoms. The van der Waals surface area contributed by atoms with Gasteiger partial charge in [-0.2, -0.15) is 0 Å². The van der Waals surface area contributed by atoms with E-state index in [1.165, 1.54) is 0 Å². The highest BCUT2D eigenvalue weighted by molar-refractivity contribution is 5.85. The Kier molecular flexibility index (Phi) is 22.6. The Hall–Kier alpha value is -1.07. The van der Waals surface area contributed by atoms with Crippen LogP contribution in [0.15, 0.2) is 0 Å². The molecule has 21 aliphatic rings. The Morgan fingerprint density at radius 2 is 0.474 bits per heavy atom. The van der Waals surface area contributed by atoms with Gasteiger partial charge in [0.2, 0.25) is 0 Å². The fraction of sp³-hybridized carbons (Fsp3) is 1.00. The summed E-state index contributed by atoms with van der Waals surface area (Å²) in [6, 6.07) is 0. The van der Waals surface area contributed by atoms with E-state index in [-0.39, 0.29) is 18.8 Å². The van der Waals surface area contributed by atoms with Crippen LogP contribution >= 0.6 is 12.4 Å². The lowest BCUT2D eigenvalue weighted by atomic mass is 9.80. The number of nitrogens with two attached hydrogens (primary N) is 1. The Morgan fingerprint density at radius 3 is 0.705 bits per heavy atom. The minimum Gasteiger partial charge on any atom is -0.396 e. The van der Waals surface area contributed by atoms with Gasteiger partial charge < -0.3 is 169 Å². The predicted molar refractivity (Wildman–Crippen MR) is 241 cm³/mol. The second-order valence-corrected chi connectivity index (χ2v) is 20.2. The van der Waals surface area contributed by atoms with E-state index in [9.17, 15) is 102 Å². The molecule has 0 aromatic carbocycles. The van der Waals surface area contributed by atoms with Crippen molar-refractivity contribution in [3.05, 3.63) is 0 Å². The van der Waals surface area contributed by atoms with Crippen LogP contribution in [0.5, 0.6) is 0 Å². The molecule has 0 spiro atoms. The Bertz CT molecular complexity index is 1480. The van der Waals surface area contributed by atoms with Crippen molar-refractivity contribution in [2.24, 2.45) is 11.7 Å². The Labute approximate surface area is 448 Å². The average Bonchev–Trinajstić information content (AvgIpc) is 3.42. The lowest BCUT2D eigenvalue weighted by molar-refractivity contribution is -0.396. The fourth-order valence-electron chi connectivity index (χ4n) is 10.9. The molecule has 0 unspecified atom stereocenters. The number of hydrogen-bond acceptors (Lipinski definition) is 34. The van der Waals surface area contributed by atoms with Crippen LogP contribution in [0, 0.1) is 5.92 Å². The third-order valence-electron chi connectivity index (χ3n) is 15.4. The molecule has 22 N–H and O–H groups in total. The second-order valence-electron chi connectivity index (χ2n) is 20.2. The summed E-state index contributed by atoms with van der Waals surface area (Å²) in [5.74, 6) is -1.20. The molecule has 14 bridgehead atoms. The minimum absolute atomic E-state index is 0. The number of rotatable bonds is 7. The van der Waals surface area contributed by atoms with Crippen LogP contribution in [0.2, 0.25) is 0 Å². The molecule has 78 heavy (non-hydrogen) atoms. The zero-order valence-corrected chi connectivity index (χ0v) is 41.9. The lowest BCUT2D eigenvalue weighted by Gasteiger charge is -2.50. The second kappa shape index (κ2) is 27.3. The summed E-state index contributed by atoms with van der Waals surface area (Å²) < 4.78 is 74.8. The molecule has 20 aliphatic heterocycles. The monoisotopic (exact) mass is 1170 g/mol. The summed E-state index contributed by atoms with van der Waals surface area (Å²) in [5, 5.41) is 221. The normalized spacial score (nSPS) is 54.7. The summed E-state index contributed by atoms with van der Waals surface area (Å²) in [6.45, 7) is -6.40. The molecule has 35 atom stereocenters. The Balaban J connectivity index is 0.00000882. The van der Waals surface area contributed by atoms with Gasteiger partial charge >= 0.3 is 0 Å². The minimum atomic E-state index is -2.19. The van der Waals surface area contributed by atoms with E-state index in [1.807, 2.05) is 0 Å². The lowest BCUT2D eigenvalue weighted by Crippen LogP contribution is -2.68.